The first-order valence-corrected chi connectivity index (χ1v) is 8.46. The van der Waals surface area contributed by atoms with Crippen molar-refractivity contribution in [3.63, 3.8) is 0 Å². The van der Waals surface area contributed by atoms with E-state index in [1.165, 1.54) is 27.1 Å². The lowest BCUT2D eigenvalue weighted by atomic mass is 10.5. The number of hydrogen-bond donors (Lipinski definition) is 2. The zero-order valence-electron chi connectivity index (χ0n) is 9.48. The van der Waals surface area contributed by atoms with E-state index in [2.05, 4.69) is 14.7 Å². The molecule has 3 heterocycles. The van der Waals surface area contributed by atoms with Gasteiger partial charge in [0.1, 0.15) is 0 Å². The zero-order valence-corrected chi connectivity index (χ0v) is 11.9. The second-order valence-corrected chi connectivity index (χ2v) is 6.94. The summed E-state index contributed by atoms with van der Waals surface area (Å²) in [4.78, 5) is 8.57. The standard InChI is InChI=1S/C9H9N5O2S3/c10-7-8(14-1-2-18-9(14)13-7)19(15,16)12-3-6-4-17-5-11-6/h1-2,4-5,12H,3,10H2. The average molecular weight is 315 g/mol. The van der Waals surface area contributed by atoms with E-state index in [1.54, 1.807) is 22.5 Å². The van der Waals surface area contributed by atoms with E-state index in [0.29, 0.717) is 10.7 Å². The maximum atomic E-state index is 12.2. The Morgan fingerprint density at radius 2 is 2.32 bits per heavy atom. The van der Waals surface area contributed by atoms with Crippen LogP contribution in [0.3, 0.4) is 0 Å². The second kappa shape index (κ2) is 4.56. The first-order chi connectivity index (χ1) is 9.08. The van der Waals surface area contributed by atoms with Crippen LogP contribution in [0, 0.1) is 0 Å². The van der Waals surface area contributed by atoms with Crippen molar-refractivity contribution in [2.45, 2.75) is 11.6 Å². The van der Waals surface area contributed by atoms with Gasteiger partial charge in [-0.2, -0.15) is 0 Å². The van der Waals surface area contributed by atoms with Gasteiger partial charge in [-0.15, -0.1) is 22.7 Å². The van der Waals surface area contributed by atoms with E-state index in [-0.39, 0.29) is 17.4 Å². The first-order valence-electron chi connectivity index (χ1n) is 5.16. The van der Waals surface area contributed by atoms with Crippen molar-refractivity contribution in [3.05, 3.63) is 28.2 Å². The summed E-state index contributed by atoms with van der Waals surface area (Å²) in [5.74, 6) is -0.00220. The number of thiazole rings is 2. The molecule has 0 aliphatic heterocycles. The maximum Gasteiger partial charge on any atom is 0.260 e. The van der Waals surface area contributed by atoms with Gasteiger partial charge in [0.15, 0.2) is 15.8 Å². The van der Waals surface area contributed by atoms with Gasteiger partial charge in [-0.25, -0.2) is 23.1 Å². The number of hydrogen-bond acceptors (Lipinski definition) is 7. The molecule has 3 aromatic heterocycles. The van der Waals surface area contributed by atoms with Gasteiger partial charge in [-0.05, 0) is 0 Å². The Labute approximate surface area is 116 Å². The van der Waals surface area contributed by atoms with Crippen molar-refractivity contribution >= 4 is 43.5 Å². The molecule has 0 aromatic carbocycles. The van der Waals surface area contributed by atoms with Gasteiger partial charge >= 0.3 is 0 Å². The van der Waals surface area contributed by atoms with Crippen LogP contribution in [0.15, 0.2) is 27.5 Å². The van der Waals surface area contributed by atoms with E-state index in [9.17, 15) is 8.42 Å². The Kier molecular flexibility index (Phi) is 3.01. The molecule has 0 aliphatic rings. The Balaban J connectivity index is 1.95. The molecule has 0 radical (unpaired) electrons. The van der Waals surface area contributed by atoms with Gasteiger partial charge in [0.25, 0.3) is 10.0 Å². The van der Waals surface area contributed by atoms with Gasteiger partial charge in [-0.1, -0.05) is 0 Å². The van der Waals surface area contributed by atoms with Crippen molar-refractivity contribution < 1.29 is 8.42 Å². The predicted molar refractivity (Wildman–Crippen MR) is 73.6 cm³/mol. The van der Waals surface area contributed by atoms with Crippen LogP contribution in [0.1, 0.15) is 5.69 Å². The molecule has 3 N–H and O–H groups in total. The number of rotatable bonds is 4. The SMILES string of the molecule is Nc1nc2sccn2c1S(=O)(=O)NCc1cscn1. The highest BCUT2D eigenvalue weighted by atomic mass is 32.2. The normalized spacial score (nSPS) is 12.2. The summed E-state index contributed by atoms with van der Waals surface area (Å²) >= 11 is 2.73. The largest absolute Gasteiger partial charge is 0.381 e. The van der Waals surface area contributed by atoms with Crippen molar-refractivity contribution in [1.82, 2.24) is 19.1 Å². The summed E-state index contributed by atoms with van der Waals surface area (Å²) in [6.07, 6.45) is 1.63. The lowest BCUT2D eigenvalue weighted by Crippen LogP contribution is -2.25. The quantitative estimate of drug-likeness (QED) is 0.745. The van der Waals surface area contributed by atoms with Crippen molar-refractivity contribution in [2.24, 2.45) is 0 Å². The van der Waals surface area contributed by atoms with Crippen LogP contribution in [0.5, 0.6) is 0 Å². The highest BCUT2D eigenvalue weighted by Gasteiger charge is 2.24. The topological polar surface area (TPSA) is 102 Å². The lowest BCUT2D eigenvalue weighted by molar-refractivity contribution is 0.576. The molecule has 0 atom stereocenters. The molecule has 10 heteroatoms. The number of nitrogens with zero attached hydrogens (tertiary/aromatic N) is 3. The minimum Gasteiger partial charge on any atom is -0.381 e. The number of aromatic nitrogens is 3. The Bertz CT molecular complexity index is 802. The van der Waals surface area contributed by atoms with Gasteiger partial charge in [0.2, 0.25) is 0 Å². The van der Waals surface area contributed by atoms with Crippen LogP contribution < -0.4 is 10.5 Å². The number of anilines is 1. The number of nitrogens with two attached hydrogens (primary N) is 1. The third-order valence-electron chi connectivity index (χ3n) is 2.42. The van der Waals surface area contributed by atoms with Crippen LogP contribution in [0.4, 0.5) is 5.82 Å². The Morgan fingerprint density at radius 1 is 1.47 bits per heavy atom. The molecule has 0 amide bonds. The third-order valence-corrected chi connectivity index (χ3v) is 5.26. The fraction of sp³-hybridized carbons (Fsp3) is 0.111. The summed E-state index contributed by atoms with van der Waals surface area (Å²) in [6, 6.07) is 0. The van der Waals surface area contributed by atoms with E-state index in [4.69, 9.17) is 5.73 Å². The minimum absolute atomic E-state index is 0.00220. The molecule has 7 nitrogen and oxygen atoms in total. The van der Waals surface area contributed by atoms with Crippen molar-refractivity contribution in [2.75, 3.05) is 5.73 Å². The van der Waals surface area contributed by atoms with Gasteiger partial charge in [-0.3, -0.25) is 4.40 Å². The third kappa shape index (κ3) is 2.23. The molecule has 100 valence electrons. The number of imidazole rings is 1. The summed E-state index contributed by atoms with van der Waals surface area (Å²) < 4.78 is 28.4. The fourth-order valence-corrected chi connectivity index (χ4v) is 4.15. The molecule has 0 bridgehead atoms. The van der Waals surface area contributed by atoms with Gasteiger partial charge in [0.05, 0.1) is 17.7 Å². The molecule has 19 heavy (non-hydrogen) atoms. The van der Waals surface area contributed by atoms with E-state index >= 15 is 0 Å². The highest BCUT2D eigenvalue weighted by molar-refractivity contribution is 7.89. The molecule has 3 rings (SSSR count). The van der Waals surface area contributed by atoms with E-state index < -0.39 is 10.0 Å². The van der Waals surface area contributed by atoms with E-state index in [0.717, 1.165) is 0 Å². The maximum absolute atomic E-state index is 12.2. The molecule has 0 fully saturated rings. The van der Waals surface area contributed by atoms with Crippen molar-refractivity contribution in [3.8, 4) is 0 Å². The minimum atomic E-state index is -3.72. The summed E-state index contributed by atoms with van der Waals surface area (Å²) in [5, 5.41) is 3.50. The monoisotopic (exact) mass is 315 g/mol. The van der Waals surface area contributed by atoms with E-state index in [1.807, 2.05) is 0 Å². The smallest absolute Gasteiger partial charge is 0.260 e. The number of nitrogen functional groups attached to an aromatic ring is 1. The van der Waals surface area contributed by atoms with Crippen molar-refractivity contribution in [1.29, 1.82) is 0 Å². The lowest BCUT2D eigenvalue weighted by Gasteiger charge is -2.04. The summed E-state index contributed by atoms with van der Waals surface area (Å²) in [7, 11) is -3.72. The first kappa shape index (κ1) is 12.5. The zero-order chi connectivity index (χ0) is 13.5. The molecule has 0 saturated carbocycles. The number of sulfonamides is 1. The average Bonchev–Trinajstić information content (AvgIpc) is 3.01. The fourth-order valence-electron chi connectivity index (χ4n) is 1.61. The molecule has 0 unspecified atom stereocenters. The highest BCUT2D eigenvalue weighted by Crippen LogP contribution is 2.23. The molecule has 0 spiro atoms. The Hall–Kier alpha value is -1.49. The molecule has 3 aromatic rings. The van der Waals surface area contributed by atoms with Gasteiger partial charge in [0, 0.05) is 17.0 Å². The van der Waals surface area contributed by atoms with Gasteiger partial charge < -0.3 is 5.73 Å². The van der Waals surface area contributed by atoms with Crippen LogP contribution in [0.2, 0.25) is 0 Å². The van der Waals surface area contributed by atoms with Crippen LogP contribution in [-0.4, -0.2) is 22.8 Å². The number of fused-ring (bicyclic) bond motifs is 1. The molecule has 0 saturated heterocycles. The Morgan fingerprint density at radius 3 is 3.05 bits per heavy atom. The van der Waals surface area contributed by atoms with Crippen LogP contribution in [0.25, 0.3) is 4.96 Å². The van der Waals surface area contributed by atoms with Crippen LogP contribution in [-0.2, 0) is 16.6 Å². The second-order valence-electron chi connectivity index (χ2n) is 3.66. The molecular formula is C9H9N5O2S3. The molecular weight excluding hydrogens is 306 g/mol. The summed E-state index contributed by atoms with van der Waals surface area (Å²) in [6.45, 7) is 0.128. The summed E-state index contributed by atoms with van der Waals surface area (Å²) in [5.41, 5.74) is 7.99. The number of nitrogens with one attached hydrogen (secondary N) is 1. The predicted octanol–water partition coefficient (Wildman–Crippen LogP) is 0.913. The van der Waals surface area contributed by atoms with Crippen LogP contribution >= 0.6 is 22.7 Å². The molecule has 0 aliphatic carbocycles.